The van der Waals surface area contributed by atoms with Crippen LogP contribution in [0.2, 0.25) is 0 Å². The molecule has 0 unspecified atom stereocenters. The molecule has 0 spiro atoms. The number of rotatable bonds is 7. The SMILES string of the molecule is CN=C(NCCN1CCOCC1)NCC1(CC(C)C)CC1.I. The van der Waals surface area contributed by atoms with Gasteiger partial charge in [-0.2, -0.15) is 0 Å². The monoisotopic (exact) mass is 424 g/mol. The molecular weight excluding hydrogens is 391 g/mol. The minimum atomic E-state index is 0. The molecule has 130 valence electrons. The minimum absolute atomic E-state index is 0. The fourth-order valence-electron chi connectivity index (χ4n) is 3.14. The van der Waals surface area contributed by atoms with Crippen LogP contribution >= 0.6 is 24.0 Å². The molecule has 6 heteroatoms. The molecule has 1 heterocycles. The molecule has 2 fully saturated rings. The van der Waals surface area contributed by atoms with Crippen LogP contribution in [0.3, 0.4) is 0 Å². The number of aliphatic imine (C=N–C) groups is 1. The van der Waals surface area contributed by atoms with E-state index in [4.69, 9.17) is 4.74 Å². The predicted octanol–water partition coefficient (Wildman–Crippen LogP) is 1.93. The molecule has 0 aromatic carbocycles. The van der Waals surface area contributed by atoms with E-state index in [1.54, 1.807) is 0 Å². The summed E-state index contributed by atoms with van der Waals surface area (Å²) in [5.74, 6) is 1.73. The summed E-state index contributed by atoms with van der Waals surface area (Å²) in [6, 6.07) is 0. The molecule has 1 saturated heterocycles. The van der Waals surface area contributed by atoms with Crippen LogP contribution in [0.5, 0.6) is 0 Å². The van der Waals surface area contributed by atoms with Crippen molar-refractivity contribution in [2.24, 2.45) is 16.3 Å². The van der Waals surface area contributed by atoms with E-state index in [1.165, 1.54) is 19.3 Å². The zero-order valence-corrected chi connectivity index (χ0v) is 16.7. The molecule has 0 atom stereocenters. The van der Waals surface area contributed by atoms with E-state index in [1.807, 2.05) is 7.05 Å². The summed E-state index contributed by atoms with van der Waals surface area (Å²) in [4.78, 5) is 6.77. The number of hydrogen-bond donors (Lipinski definition) is 2. The number of halogens is 1. The van der Waals surface area contributed by atoms with Crippen LogP contribution < -0.4 is 10.6 Å². The summed E-state index contributed by atoms with van der Waals surface area (Å²) in [6.45, 7) is 11.5. The van der Waals surface area contributed by atoms with Gasteiger partial charge in [0, 0.05) is 39.8 Å². The van der Waals surface area contributed by atoms with Crippen molar-refractivity contribution in [2.45, 2.75) is 33.1 Å². The minimum Gasteiger partial charge on any atom is -0.379 e. The topological polar surface area (TPSA) is 48.9 Å². The highest BCUT2D eigenvalue weighted by Gasteiger charge is 2.42. The lowest BCUT2D eigenvalue weighted by molar-refractivity contribution is 0.0389. The van der Waals surface area contributed by atoms with Crippen molar-refractivity contribution in [3.05, 3.63) is 0 Å². The number of guanidine groups is 1. The largest absolute Gasteiger partial charge is 0.379 e. The third-order valence-corrected chi connectivity index (χ3v) is 4.48. The molecule has 0 radical (unpaired) electrons. The molecule has 1 saturated carbocycles. The highest BCUT2D eigenvalue weighted by molar-refractivity contribution is 14.0. The van der Waals surface area contributed by atoms with Gasteiger partial charge in [0.1, 0.15) is 0 Å². The number of ether oxygens (including phenoxy) is 1. The maximum absolute atomic E-state index is 5.36. The van der Waals surface area contributed by atoms with Crippen molar-refractivity contribution < 1.29 is 4.74 Å². The molecule has 2 aliphatic rings. The molecule has 1 aliphatic carbocycles. The van der Waals surface area contributed by atoms with Crippen molar-refractivity contribution in [2.75, 3.05) is 53.0 Å². The molecule has 0 aromatic rings. The molecular formula is C16H33IN4O. The van der Waals surface area contributed by atoms with Crippen LogP contribution in [0.25, 0.3) is 0 Å². The number of nitrogens with one attached hydrogen (secondary N) is 2. The maximum Gasteiger partial charge on any atom is 0.191 e. The van der Waals surface area contributed by atoms with Crippen molar-refractivity contribution in [3.8, 4) is 0 Å². The first-order valence-corrected chi connectivity index (χ1v) is 8.38. The van der Waals surface area contributed by atoms with Crippen molar-refractivity contribution in [1.82, 2.24) is 15.5 Å². The normalized spacial score (nSPS) is 21.4. The second kappa shape index (κ2) is 9.93. The third kappa shape index (κ3) is 7.00. The lowest BCUT2D eigenvalue weighted by Gasteiger charge is -2.27. The lowest BCUT2D eigenvalue weighted by atomic mass is 9.94. The van der Waals surface area contributed by atoms with Gasteiger partial charge in [0.05, 0.1) is 13.2 Å². The standard InChI is InChI=1S/C16H32N4O.HI/c1-14(2)12-16(4-5-16)13-19-15(17-3)18-6-7-20-8-10-21-11-9-20;/h14H,4-13H2,1-3H3,(H2,17,18,19);1H. The highest BCUT2D eigenvalue weighted by Crippen LogP contribution is 2.49. The predicted molar refractivity (Wildman–Crippen MR) is 103 cm³/mol. The molecule has 2 N–H and O–H groups in total. The Labute approximate surface area is 152 Å². The van der Waals surface area contributed by atoms with Gasteiger partial charge in [-0.05, 0) is 30.6 Å². The Kier molecular flexibility index (Phi) is 9.01. The quantitative estimate of drug-likeness (QED) is 0.373. The average molecular weight is 424 g/mol. The summed E-state index contributed by atoms with van der Waals surface area (Å²) >= 11 is 0. The van der Waals surface area contributed by atoms with Crippen LogP contribution in [0, 0.1) is 11.3 Å². The van der Waals surface area contributed by atoms with Crippen LogP contribution in [0.15, 0.2) is 4.99 Å². The van der Waals surface area contributed by atoms with Gasteiger partial charge in [0.25, 0.3) is 0 Å². The van der Waals surface area contributed by atoms with Gasteiger partial charge < -0.3 is 15.4 Å². The molecule has 1 aliphatic heterocycles. The maximum atomic E-state index is 5.36. The van der Waals surface area contributed by atoms with E-state index in [2.05, 4.69) is 34.4 Å². The Hall–Kier alpha value is -0.0800. The fraction of sp³-hybridized carbons (Fsp3) is 0.938. The molecule has 2 rings (SSSR count). The van der Waals surface area contributed by atoms with Crippen molar-refractivity contribution >= 4 is 29.9 Å². The summed E-state index contributed by atoms with van der Waals surface area (Å²) in [6.07, 6.45) is 4.05. The number of nitrogens with zero attached hydrogens (tertiary/aromatic N) is 2. The Morgan fingerprint density at radius 3 is 2.45 bits per heavy atom. The molecule has 22 heavy (non-hydrogen) atoms. The Bertz CT molecular complexity index is 339. The summed E-state index contributed by atoms with van der Waals surface area (Å²) in [5, 5.41) is 6.94. The molecule has 0 bridgehead atoms. The Morgan fingerprint density at radius 2 is 1.91 bits per heavy atom. The van der Waals surface area contributed by atoms with Gasteiger partial charge in [-0.3, -0.25) is 9.89 Å². The molecule has 5 nitrogen and oxygen atoms in total. The summed E-state index contributed by atoms with van der Waals surface area (Å²) in [5.41, 5.74) is 0.538. The van der Waals surface area contributed by atoms with Gasteiger partial charge in [-0.15, -0.1) is 24.0 Å². The average Bonchev–Trinajstić information content (AvgIpc) is 3.23. The van der Waals surface area contributed by atoms with Gasteiger partial charge in [-0.1, -0.05) is 13.8 Å². The van der Waals surface area contributed by atoms with Gasteiger partial charge in [0.2, 0.25) is 0 Å². The van der Waals surface area contributed by atoms with E-state index in [-0.39, 0.29) is 24.0 Å². The highest BCUT2D eigenvalue weighted by atomic mass is 127. The Morgan fingerprint density at radius 1 is 1.23 bits per heavy atom. The van der Waals surface area contributed by atoms with Crippen molar-refractivity contribution in [1.29, 1.82) is 0 Å². The van der Waals surface area contributed by atoms with E-state index in [0.717, 1.165) is 57.8 Å². The van der Waals surface area contributed by atoms with Crippen molar-refractivity contribution in [3.63, 3.8) is 0 Å². The second-order valence-electron chi connectivity index (χ2n) is 6.90. The van der Waals surface area contributed by atoms with Crippen LogP contribution in [0.4, 0.5) is 0 Å². The van der Waals surface area contributed by atoms with E-state index < -0.39 is 0 Å². The first kappa shape index (κ1) is 20.0. The summed E-state index contributed by atoms with van der Waals surface area (Å²) < 4.78 is 5.36. The van der Waals surface area contributed by atoms with Gasteiger partial charge >= 0.3 is 0 Å². The second-order valence-corrected chi connectivity index (χ2v) is 6.90. The van der Waals surface area contributed by atoms with E-state index >= 15 is 0 Å². The number of hydrogen-bond acceptors (Lipinski definition) is 3. The van der Waals surface area contributed by atoms with Crippen LogP contribution in [0.1, 0.15) is 33.1 Å². The fourth-order valence-corrected chi connectivity index (χ4v) is 3.14. The van der Waals surface area contributed by atoms with Crippen LogP contribution in [-0.2, 0) is 4.74 Å². The first-order valence-electron chi connectivity index (χ1n) is 8.38. The van der Waals surface area contributed by atoms with Gasteiger partial charge in [-0.25, -0.2) is 0 Å². The zero-order chi connectivity index (χ0) is 15.1. The Balaban J connectivity index is 0.00000242. The smallest absolute Gasteiger partial charge is 0.191 e. The zero-order valence-electron chi connectivity index (χ0n) is 14.4. The molecule has 0 aromatic heterocycles. The number of morpholine rings is 1. The lowest BCUT2D eigenvalue weighted by Crippen LogP contribution is -2.45. The van der Waals surface area contributed by atoms with Gasteiger partial charge in [0.15, 0.2) is 5.96 Å². The molecule has 0 amide bonds. The van der Waals surface area contributed by atoms with E-state index in [0.29, 0.717) is 5.41 Å². The van der Waals surface area contributed by atoms with E-state index in [9.17, 15) is 0 Å². The van der Waals surface area contributed by atoms with Crippen LogP contribution in [-0.4, -0.2) is 63.8 Å². The summed E-state index contributed by atoms with van der Waals surface area (Å²) in [7, 11) is 1.85. The third-order valence-electron chi connectivity index (χ3n) is 4.48. The first-order chi connectivity index (χ1) is 10.1.